The molecule has 1 aromatic carbocycles. The monoisotopic (exact) mass is 236 g/mol. The number of aryl methyl sites for hydroxylation is 1. The first-order chi connectivity index (χ1) is 6.18. The maximum atomic E-state index is 5.62. The van der Waals surface area contributed by atoms with E-state index in [4.69, 9.17) is 5.73 Å². The highest BCUT2D eigenvalue weighted by molar-refractivity contribution is 9.10. The summed E-state index contributed by atoms with van der Waals surface area (Å²) in [6.07, 6.45) is 1.79. The summed E-state index contributed by atoms with van der Waals surface area (Å²) in [5.41, 5.74) is 6.83. The number of benzene rings is 1. The van der Waals surface area contributed by atoms with Crippen LogP contribution in [0.15, 0.2) is 28.9 Å². The van der Waals surface area contributed by atoms with Gasteiger partial charge in [-0.25, -0.2) is 4.98 Å². The molecule has 0 aliphatic heterocycles. The van der Waals surface area contributed by atoms with Crippen molar-refractivity contribution >= 4 is 32.5 Å². The molecular formula is C10H9BrN2. The van der Waals surface area contributed by atoms with E-state index in [-0.39, 0.29) is 0 Å². The quantitative estimate of drug-likeness (QED) is 0.765. The van der Waals surface area contributed by atoms with Crippen LogP contribution < -0.4 is 5.73 Å². The zero-order valence-electron chi connectivity index (χ0n) is 7.21. The molecule has 1 heterocycles. The molecule has 0 radical (unpaired) electrons. The summed E-state index contributed by atoms with van der Waals surface area (Å²) in [5.74, 6) is 0.564. The molecule has 0 fully saturated rings. The third-order valence-corrected chi connectivity index (χ3v) is 2.78. The van der Waals surface area contributed by atoms with Gasteiger partial charge in [0.2, 0.25) is 0 Å². The summed E-state index contributed by atoms with van der Waals surface area (Å²) >= 11 is 3.47. The van der Waals surface area contributed by atoms with Gasteiger partial charge in [0.05, 0.1) is 0 Å². The number of rotatable bonds is 0. The molecule has 0 saturated heterocycles. The van der Waals surface area contributed by atoms with E-state index >= 15 is 0 Å². The smallest absolute Gasteiger partial charge is 0.123 e. The van der Waals surface area contributed by atoms with Gasteiger partial charge in [0, 0.05) is 16.1 Å². The van der Waals surface area contributed by atoms with Crippen LogP contribution in [0.4, 0.5) is 5.82 Å². The second kappa shape index (κ2) is 3.00. The standard InChI is InChI=1S/C10H9BrN2/c1-6-2-3-9(11)8-5-13-10(12)4-7(6)8/h2-5H,1H3,(H2,12,13). The summed E-state index contributed by atoms with van der Waals surface area (Å²) in [5, 5.41) is 2.26. The zero-order chi connectivity index (χ0) is 9.42. The number of nitrogen functional groups attached to an aromatic ring is 1. The van der Waals surface area contributed by atoms with Gasteiger partial charge in [0.1, 0.15) is 5.82 Å². The van der Waals surface area contributed by atoms with E-state index < -0.39 is 0 Å². The van der Waals surface area contributed by atoms with Crippen molar-refractivity contribution in [3.05, 3.63) is 34.4 Å². The Balaban J connectivity index is 2.92. The molecule has 3 heteroatoms. The predicted octanol–water partition coefficient (Wildman–Crippen LogP) is 2.89. The van der Waals surface area contributed by atoms with Crippen LogP contribution in [0.25, 0.3) is 10.8 Å². The lowest BCUT2D eigenvalue weighted by Crippen LogP contribution is -1.90. The van der Waals surface area contributed by atoms with Crippen LogP contribution in [-0.2, 0) is 0 Å². The molecule has 2 N–H and O–H groups in total. The molecule has 0 atom stereocenters. The number of halogens is 1. The average Bonchev–Trinajstić information content (AvgIpc) is 2.12. The molecule has 0 aliphatic carbocycles. The van der Waals surface area contributed by atoms with Gasteiger partial charge in [-0.05, 0) is 30.0 Å². The molecule has 0 spiro atoms. The van der Waals surface area contributed by atoms with E-state index in [1.54, 1.807) is 6.20 Å². The minimum absolute atomic E-state index is 0.564. The van der Waals surface area contributed by atoms with Crippen molar-refractivity contribution in [3.63, 3.8) is 0 Å². The Morgan fingerprint density at radius 3 is 2.85 bits per heavy atom. The average molecular weight is 237 g/mol. The number of hydrogen-bond donors (Lipinski definition) is 1. The van der Waals surface area contributed by atoms with E-state index in [9.17, 15) is 0 Å². The van der Waals surface area contributed by atoms with Crippen molar-refractivity contribution in [1.82, 2.24) is 4.98 Å². The minimum atomic E-state index is 0.564. The molecule has 0 amide bonds. The maximum absolute atomic E-state index is 5.62. The third-order valence-electron chi connectivity index (χ3n) is 2.09. The molecule has 0 bridgehead atoms. The van der Waals surface area contributed by atoms with Crippen LogP contribution in [-0.4, -0.2) is 4.98 Å². The summed E-state index contributed by atoms with van der Waals surface area (Å²) in [6.45, 7) is 2.06. The first-order valence-corrected chi connectivity index (χ1v) is 4.78. The van der Waals surface area contributed by atoms with Crippen LogP contribution in [0.2, 0.25) is 0 Å². The van der Waals surface area contributed by atoms with Crippen LogP contribution in [0, 0.1) is 6.92 Å². The highest BCUT2D eigenvalue weighted by Crippen LogP contribution is 2.26. The first kappa shape index (κ1) is 8.51. The lowest BCUT2D eigenvalue weighted by atomic mass is 10.1. The number of anilines is 1. The normalized spacial score (nSPS) is 10.6. The SMILES string of the molecule is Cc1ccc(Br)c2cnc(N)cc12. The van der Waals surface area contributed by atoms with E-state index in [1.165, 1.54) is 5.56 Å². The van der Waals surface area contributed by atoms with Crippen molar-refractivity contribution in [2.45, 2.75) is 6.92 Å². The van der Waals surface area contributed by atoms with Gasteiger partial charge in [0.15, 0.2) is 0 Å². The Morgan fingerprint density at radius 1 is 1.31 bits per heavy atom. The summed E-state index contributed by atoms with van der Waals surface area (Å²) < 4.78 is 1.06. The van der Waals surface area contributed by atoms with Gasteiger partial charge >= 0.3 is 0 Å². The van der Waals surface area contributed by atoms with Crippen molar-refractivity contribution in [3.8, 4) is 0 Å². The van der Waals surface area contributed by atoms with Crippen molar-refractivity contribution in [2.75, 3.05) is 5.73 Å². The molecule has 2 rings (SSSR count). The maximum Gasteiger partial charge on any atom is 0.123 e. The second-order valence-electron chi connectivity index (χ2n) is 3.02. The van der Waals surface area contributed by atoms with Crippen molar-refractivity contribution in [2.24, 2.45) is 0 Å². The zero-order valence-corrected chi connectivity index (χ0v) is 8.80. The Labute approximate surface area is 84.9 Å². The Morgan fingerprint density at radius 2 is 2.08 bits per heavy atom. The Bertz CT molecular complexity index is 466. The Hall–Kier alpha value is -1.09. The van der Waals surface area contributed by atoms with Gasteiger partial charge in [-0.2, -0.15) is 0 Å². The molecule has 2 nitrogen and oxygen atoms in total. The summed E-state index contributed by atoms with van der Waals surface area (Å²) in [7, 11) is 0. The van der Waals surface area contributed by atoms with Crippen LogP contribution in [0.5, 0.6) is 0 Å². The fraction of sp³-hybridized carbons (Fsp3) is 0.100. The number of aromatic nitrogens is 1. The predicted molar refractivity (Wildman–Crippen MR) is 58.6 cm³/mol. The van der Waals surface area contributed by atoms with E-state index in [1.807, 2.05) is 12.1 Å². The number of fused-ring (bicyclic) bond motifs is 1. The van der Waals surface area contributed by atoms with Crippen LogP contribution >= 0.6 is 15.9 Å². The van der Waals surface area contributed by atoms with Crippen LogP contribution in [0.3, 0.4) is 0 Å². The summed E-state index contributed by atoms with van der Waals surface area (Å²) in [4.78, 5) is 4.06. The van der Waals surface area contributed by atoms with Gasteiger partial charge in [-0.15, -0.1) is 0 Å². The van der Waals surface area contributed by atoms with Gasteiger partial charge < -0.3 is 5.73 Å². The van der Waals surface area contributed by atoms with Crippen molar-refractivity contribution in [1.29, 1.82) is 0 Å². The van der Waals surface area contributed by atoms with Gasteiger partial charge in [0.25, 0.3) is 0 Å². The number of hydrogen-bond acceptors (Lipinski definition) is 2. The molecule has 13 heavy (non-hydrogen) atoms. The van der Waals surface area contributed by atoms with Gasteiger partial charge in [-0.3, -0.25) is 0 Å². The second-order valence-corrected chi connectivity index (χ2v) is 3.87. The van der Waals surface area contributed by atoms with Crippen molar-refractivity contribution < 1.29 is 0 Å². The lowest BCUT2D eigenvalue weighted by molar-refractivity contribution is 1.36. The Kier molecular flexibility index (Phi) is 1.96. The third kappa shape index (κ3) is 1.40. The molecule has 1 aromatic heterocycles. The summed E-state index contributed by atoms with van der Waals surface area (Å²) in [6, 6.07) is 5.98. The molecule has 0 saturated carbocycles. The molecular weight excluding hydrogens is 228 g/mol. The fourth-order valence-corrected chi connectivity index (χ4v) is 1.81. The van der Waals surface area contributed by atoms with E-state index in [0.29, 0.717) is 5.82 Å². The van der Waals surface area contributed by atoms with Gasteiger partial charge in [-0.1, -0.05) is 22.0 Å². The van der Waals surface area contributed by atoms with E-state index in [0.717, 1.165) is 15.2 Å². The molecule has 0 aliphatic rings. The fourth-order valence-electron chi connectivity index (χ4n) is 1.37. The van der Waals surface area contributed by atoms with E-state index in [2.05, 4.69) is 33.9 Å². The number of nitrogens with two attached hydrogens (primary N) is 1. The number of pyridine rings is 1. The topological polar surface area (TPSA) is 38.9 Å². The minimum Gasteiger partial charge on any atom is -0.384 e. The number of nitrogens with zero attached hydrogens (tertiary/aromatic N) is 1. The largest absolute Gasteiger partial charge is 0.384 e. The highest BCUT2D eigenvalue weighted by Gasteiger charge is 2.01. The first-order valence-electron chi connectivity index (χ1n) is 3.99. The highest BCUT2D eigenvalue weighted by atomic mass is 79.9. The lowest BCUT2D eigenvalue weighted by Gasteiger charge is -2.04. The molecule has 66 valence electrons. The molecule has 0 unspecified atom stereocenters. The molecule has 2 aromatic rings. The van der Waals surface area contributed by atoms with Crippen LogP contribution in [0.1, 0.15) is 5.56 Å².